The Morgan fingerprint density at radius 2 is 1.58 bits per heavy atom. The number of nitrogens with zero attached hydrogens (tertiary/aromatic N) is 1. The molecule has 1 aliphatic heterocycles. The topological polar surface area (TPSA) is 46.6 Å². The van der Waals surface area contributed by atoms with Crippen LogP contribution in [-0.2, 0) is 14.3 Å². The molecule has 1 rings (SSSR count). The fourth-order valence-corrected chi connectivity index (χ4v) is 2.90. The second kappa shape index (κ2) is 15.5. The molecule has 0 N–H and O–H groups in total. The van der Waals surface area contributed by atoms with Crippen molar-refractivity contribution in [2.45, 2.75) is 91.9 Å². The Bertz CT molecular complexity index is 331. The zero-order valence-electron chi connectivity index (χ0n) is 16.4. The Morgan fingerprint density at radius 1 is 1.00 bits per heavy atom. The monoisotopic (exact) mass is 341 g/mol. The van der Waals surface area contributed by atoms with Gasteiger partial charge < -0.3 is 9.64 Å². The van der Waals surface area contributed by atoms with Crippen molar-refractivity contribution in [2.75, 3.05) is 19.7 Å². The van der Waals surface area contributed by atoms with Crippen molar-refractivity contribution >= 4 is 11.9 Å². The van der Waals surface area contributed by atoms with Gasteiger partial charge in [0.25, 0.3) is 0 Å². The predicted octanol–water partition coefficient (Wildman–Crippen LogP) is 4.96. The van der Waals surface area contributed by atoms with Gasteiger partial charge in [-0.05, 0) is 12.8 Å². The molecule has 1 amide bonds. The van der Waals surface area contributed by atoms with Crippen LogP contribution in [0.1, 0.15) is 91.9 Å². The van der Waals surface area contributed by atoms with Gasteiger partial charge >= 0.3 is 5.97 Å². The fourth-order valence-electron chi connectivity index (χ4n) is 2.90. The number of unbranched alkanes of at least 4 members (excludes halogenated alkanes) is 7. The van der Waals surface area contributed by atoms with E-state index in [1.54, 1.807) is 0 Å². The van der Waals surface area contributed by atoms with Gasteiger partial charge in [0.1, 0.15) is 0 Å². The van der Waals surface area contributed by atoms with Gasteiger partial charge in [0.05, 0.1) is 12.5 Å². The molecule has 0 aromatic rings. The minimum absolute atomic E-state index is 0.112. The van der Waals surface area contributed by atoms with Gasteiger partial charge in [0, 0.05) is 19.5 Å². The van der Waals surface area contributed by atoms with Crippen LogP contribution >= 0.6 is 0 Å². The van der Waals surface area contributed by atoms with E-state index in [1.165, 1.54) is 44.9 Å². The maximum atomic E-state index is 11.9. The number of rotatable bonds is 12. The molecule has 1 aliphatic rings. The number of hydrogen-bond donors (Lipinski definition) is 0. The van der Waals surface area contributed by atoms with Crippen LogP contribution in [-0.4, -0.2) is 36.5 Å². The molecule has 0 spiro atoms. The van der Waals surface area contributed by atoms with Gasteiger partial charge in [0.2, 0.25) is 5.91 Å². The molecule has 1 saturated heterocycles. The first kappa shape index (κ1) is 22.9. The highest BCUT2D eigenvalue weighted by Crippen LogP contribution is 2.20. The summed E-state index contributed by atoms with van der Waals surface area (Å²) in [5.41, 5.74) is 0. The lowest BCUT2D eigenvalue weighted by Crippen LogP contribution is -2.27. The predicted molar refractivity (Wildman–Crippen MR) is 99.9 cm³/mol. The Labute approximate surface area is 149 Å². The van der Waals surface area contributed by atoms with Gasteiger partial charge in [-0.1, -0.05) is 72.6 Å². The first-order chi connectivity index (χ1) is 11.7. The number of ether oxygens (including phenoxy) is 1. The summed E-state index contributed by atoms with van der Waals surface area (Å²) in [5.74, 6) is -0.330. The Hall–Kier alpha value is -1.06. The molecule has 1 fully saturated rings. The number of carbonyl (C=O) groups is 2. The lowest BCUT2D eigenvalue weighted by molar-refractivity contribution is -0.148. The smallest absolute Gasteiger partial charge is 0.311 e. The zero-order chi connectivity index (χ0) is 18.2. The van der Waals surface area contributed by atoms with Crippen molar-refractivity contribution in [2.24, 2.45) is 5.92 Å². The van der Waals surface area contributed by atoms with E-state index in [2.05, 4.69) is 6.92 Å². The van der Waals surface area contributed by atoms with Gasteiger partial charge in [-0.15, -0.1) is 0 Å². The first-order valence-corrected chi connectivity index (χ1v) is 10.1. The van der Waals surface area contributed by atoms with Gasteiger partial charge in [-0.2, -0.15) is 0 Å². The summed E-state index contributed by atoms with van der Waals surface area (Å²) in [5, 5.41) is 0. The lowest BCUT2D eigenvalue weighted by Gasteiger charge is -2.16. The van der Waals surface area contributed by atoms with Crippen LogP contribution in [0, 0.1) is 5.92 Å². The van der Waals surface area contributed by atoms with E-state index in [1.807, 2.05) is 25.7 Å². The van der Waals surface area contributed by atoms with E-state index < -0.39 is 0 Å². The van der Waals surface area contributed by atoms with E-state index in [0.29, 0.717) is 19.6 Å². The Morgan fingerprint density at radius 3 is 2.17 bits per heavy atom. The average Bonchev–Trinajstić information content (AvgIpc) is 2.98. The van der Waals surface area contributed by atoms with E-state index >= 15 is 0 Å². The second-order valence-corrected chi connectivity index (χ2v) is 6.38. The molecule has 1 atom stereocenters. The number of esters is 1. The highest BCUT2D eigenvalue weighted by atomic mass is 16.5. The molecular weight excluding hydrogens is 302 g/mol. The van der Waals surface area contributed by atoms with Crippen LogP contribution in [0.4, 0.5) is 0 Å². The molecule has 24 heavy (non-hydrogen) atoms. The van der Waals surface area contributed by atoms with Gasteiger partial charge in [-0.3, -0.25) is 9.59 Å². The third-order valence-electron chi connectivity index (χ3n) is 4.28. The van der Waals surface area contributed by atoms with Crippen LogP contribution in [0.2, 0.25) is 0 Å². The summed E-state index contributed by atoms with van der Waals surface area (Å²) in [6.45, 7) is 10.0. The summed E-state index contributed by atoms with van der Waals surface area (Å²) in [7, 11) is 0. The van der Waals surface area contributed by atoms with Crippen molar-refractivity contribution in [3.8, 4) is 0 Å². The van der Waals surface area contributed by atoms with E-state index in [0.717, 1.165) is 19.4 Å². The third-order valence-corrected chi connectivity index (χ3v) is 4.28. The maximum Gasteiger partial charge on any atom is 0.311 e. The molecule has 142 valence electrons. The number of carbonyl (C=O) groups excluding carboxylic acids is 2. The minimum atomic E-state index is -0.243. The molecule has 4 heteroatoms. The third kappa shape index (κ3) is 9.94. The van der Waals surface area contributed by atoms with Crippen LogP contribution in [0.15, 0.2) is 0 Å². The van der Waals surface area contributed by atoms with Crippen LogP contribution in [0.25, 0.3) is 0 Å². The number of amides is 1. The summed E-state index contributed by atoms with van der Waals surface area (Å²) < 4.78 is 5.14. The van der Waals surface area contributed by atoms with Crippen LogP contribution in [0.5, 0.6) is 0 Å². The maximum absolute atomic E-state index is 11.9. The molecule has 4 nitrogen and oxygen atoms in total. The summed E-state index contributed by atoms with van der Waals surface area (Å²) in [6.07, 6.45) is 11.3. The van der Waals surface area contributed by atoms with Crippen molar-refractivity contribution in [3.05, 3.63) is 0 Å². The highest BCUT2D eigenvalue weighted by molar-refractivity contribution is 5.86. The zero-order valence-corrected chi connectivity index (χ0v) is 16.4. The van der Waals surface area contributed by atoms with Crippen molar-refractivity contribution in [3.63, 3.8) is 0 Å². The van der Waals surface area contributed by atoms with E-state index in [9.17, 15) is 9.59 Å². The van der Waals surface area contributed by atoms with Crippen LogP contribution in [0.3, 0.4) is 0 Å². The Kier molecular flexibility index (Phi) is 14.8. The van der Waals surface area contributed by atoms with Crippen molar-refractivity contribution < 1.29 is 14.3 Å². The first-order valence-electron chi connectivity index (χ1n) is 10.1. The molecule has 0 radical (unpaired) electrons. The van der Waals surface area contributed by atoms with Crippen molar-refractivity contribution in [1.29, 1.82) is 0 Å². The standard InChI is InChI=1S/C18H33NO3.C2H6/c1-3-5-6-7-8-9-10-11-12-19-15-16(14-17(19)20)18(21)22-13-4-2;1-2/h16H,3-15H2,1-2H3;1-2H3. The molecule has 0 bridgehead atoms. The number of hydrogen-bond acceptors (Lipinski definition) is 3. The largest absolute Gasteiger partial charge is 0.465 e. The molecule has 0 aromatic carbocycles. The lowest BCUT2D eigenvalue weighted by atomic mass is 10.1. The van der Waals surface area contributed by atoms with Gasteiger partial charge in [-0.25, -0.2) is 0 Å². The van der Waals surface area contributed by atoms with E-state index in [4.69, 9.17) is 4.74 Å². The van der Waals surface area contributed by atoms with Crippen molar-refractivity contribution in [1.82, 2.24) is 4.90 Å². The summed E-state index contributed by atoms with van der Waals surface area (Å²) >= 11 is 0. The fraction of sp³-hybridized carbons (Fsp3) is 0.900. The quantitative estimate of drug-likeness (QED) is 0.372. The molecule has 1 heterocycles. The second-order valence-electron chi connectivity index (χ2n) is 6.38. The average molecular weight is 342 g/mol. The van der Waals surface area contributed by atoms with Crippen LogP contribution < -0.4 is 0 Å². The molecule has 1 unspecified atom stereocenters. The minimum Gasteiger partial charge on any atom is -0.465 e. The normalized spacial score (nSPS) is 16.8. The summed E-state index contributed by atoms with van der Waals surface area (Å²) in [6, 6.07) is 0. The Balaban J connectivity index is 0.00000254. The van der Waals surface area contributed by atoms with Gasteiger partial charge in [0.15, 0.2) is 0 Å². The van der Waals surface area contributed by atoms with E-state index in [-0.39, 0.29) is 17.8 Å². The highest BCUT2D eigenvalue weighted by Gasteiger charge is 2.34. The molecule has 0 saturated carbocycles. The number of likely N-dealkylation sites (tertiary alicyclic amines) is 1. The molecule has 0 aliphatic carbocycles. The molecular formula is C20H39NO3. The molecule has 0 aromatic heterocycles. The SMILES string of the molecule is CC.CCCCCCCCCCN1CC(C(=O)OCCC)CC1=O. The summed E-state index contributed by atoms with van der Waals surface area (Å²) in [4.78, 5) is 25.6.